The standard InChI is InChI=1S/C23H27FN2O.CH4/c1-15-10-16(24)8-9-18(15)19-6-5-7-20(25-19)21(27)26-14-23(4)12-17(26)11-22(2,3)13-23;/h5-10,17H,11-14H2,1-4H3;1H4/t17-,23-;/m1./s1. The van der Waals surface area contributed by atoms with E-state index in [4.69, 9.17) is 0 Å². The first-order chi connectivity index (χ1) is 12.7. The van der Waals surface area contributed by atoms with E-state index in [0.717, 1.165) is 36.9 Å². The van der Waals surface area contributed by atoms with Gasteiger partial charge in [-0.3, -0.25) is 4.79 Å². The van der Waals surface area contributed by atoms with Crippen LogP contribution in [0.25, 0.3) is 11.3 Å². The predicted octanol–water partition coefficient (Wildman–Crippen LogP) is 5.87. The maximum absolute atomic E-state index is 13.4. The number of hydrogen-bond acceptors (Lipinski definition) is 2. The molecule has 1 saturated heterocycles. The molecule has 1 aliphatic heterocycles. The summed E-state index contributed by atoms with van der Waals surface area (Å²) in [6.45, 7) is 9.59. The molecule has 2 aliphatic rings. The van der Waals surface area contributed by atoms with Gasteiger partial charge >= 0.3 is 0 Å². The lowest BCUT2D eigenvalue weighted by atomic mass is 9.65. The van der Waals surface area contributed by atoms with Crippen molar-refractivity contribution in [2.75, 3.05) is 6.54 Å². The zero-order chi connectivity index (χ0) is 19.4. The van der Waals surface area contributed by atoms with Gasteiger partial charge in [-0.1, -0.05) is 34.3 Å². The molecule has 1 aliphatic carbocycles. The van der Waals surface area contributed by atoms with Gasteiger partial charge in [0.15, 0.2) is 0 Å². The van der Waals surface area contributed by atoms with Gasteiger partial charge in [0.1, 0.15) is 11.5 Å². The molecule has 0 unspecified atom stereocenters. The fraction of sp³-hybridized carbons (Fsp3) is 0.500. The Morgan fingerprint density at radius 2 is 1.93 bits per heavy atom. The van der Waals surface area contributed by atoms with E-state index in [1.807, 2.05) is 24.0 Å². The number of halogens is 1. The fourth-order valence-electron chi connectivity index (χ4n) is 5.46. The van der Waals surface area contributed by atoms with Crippen LogP contribution in [-0.4, -0.2) is 28.4 Å². The van der Waals surface area contributed by atoms with E-state index in [9.17, 15) is 9.18 Å². The largest absolute Gasteiger partial charge is 0.334 e. The normalized spacial score (nSPS) is 25.3. The van der Waals surface area contributed by atoms with E-state index in [-0.39, 0.29) is 30.0 Å². The molecule has 4 heteroatoms. The number of carbonyl (C=O) groups excluding carboxylic acids is 1. The summed E-state index contributed by atoms with van der Waals surface area (Å²) < 4.78 is 13.4. The van der Waals surface area contributed by atoms with Gasteiger partial charge in [-0.2, -0.15) is 0 Å². The number of rotatable bonds is 2. The first-order valence-electron chi connectivity index (χ1n) is 9.70. The number of pyridine rings is 1. The number of carbonyl (C=O) groups is 1. The van der Waals surface area contributed by atoms with Crippen molar-refractivity contribution in [1.29, 1.82) is 0 Å². The van der Waals surface area contributed by atoms with E-state index in [0.29, 0.717) is 17.4 Å². The molecule has 2 bridgehead atoms. The minimum absolute atomic E-state index is 0. The van der Waals surface area contributed by atoms with Crippen molar-refractivity contribution >= 4 is 5.91 Å². The van der Waals surface area contributed by atoms with Crippen LogP contribution in [-0.2, 0) is 0 Å². The van der Waals surface area contributed by atoms with Crippen LogP contribution in [0.15, 0.2) is 36.4 Å². The van der Waals surface area contributed by atoms with Gasteiger partial charge in [-0.05, 0) is 72.9 Å². The molecule has 150 valence electrons. The quantitative estimate of drug-likeness (QED) is 0.650. The van der Waals surface area contributed by atoms with Gasteiger partial charge in [-0.25, -0.2) is 9.37 Å². The molecule has 0 spiro atoms. The fourth-order valence-corrected chi connectivity index (χ4v) is 5.46. The van der Waals surface area contributed by atoms with Crippen LogP contribution >= 0.6 is 0 Å². The molecule has 28 heavy (non-hydrogen) atoms. The number of likely N-dealkylation sites (tertiary alicyclic amines) is 1. The minimum atomic E-state index is -0.260. The summed E-state index contributed by atoms with van der Waals surface area (Å²) in [5.41, 5.74) is 3.34. The Hall–Kier alpha value is -2.23. The Bertz CT molecular complexity index is 907. The lowest BCUT2D eigenvalue weighted by Crippen LogP contribution is -2.38. The van der Waals surface area contributed by atoms with Crippen molar-refractivity contribution in [3.63, 3.8) is 0 Å². The molecule has 4 rings (SSSR count). The smallest absolute Gasteiger partial charge is 0.272 e. The summed E-state index contributed by atoms with van der Waals surface area (Å²) in [5.74, 6) is -0.244. The summed E-state index contributed by atoms with van der Waals surface area (Å²) in [6.07, 6.45) is 3.28. The third kappa shape index (κ3) is 3.69. The lowest BCUT2D eigenvalue weighted by molar-refractivity contribution is 0.0702. The van der Waals surface area contributed by atoms with Crippen molar-refractivity contribution in [3.8, 4) is 11.3 Å². The maximum Gasteiger partial charge on any atom is 0.272 e. The molecule has 0 radical (unpaired) electrons. The van der Waals surface area contributed by atoms with Gasteiger partial charge in [0, 0.05) is 18.2 Å². The zero-order valence-corrected chi connectivity index (χ0v) is 16.6. The van der Waals surface area contributed by atoms with Gasteiger partial charge < -0.3 is 4.90 Å². The number of aryl methyl sites for hydroxylation is 1. The maximum atomic E-state index is 13.4. The summed E-state index contributed by atoms with van der Waals surface area (Å²) in [6, 6.07) is 10.5. The van der Waals surface area contributed by atoms with Gasteiger partial charge in [0.05, 0.1) is 5.69 Å². The van der Waals surface area contributed by atoms with Gasteiger partial charge in [-0.15, -0.1) is 0 Å². The summed E-state index contributed by atoms with van der Waals surface area (Å²) in [5, 5.41) is 0. The topological polar surface area (TPSA) is 33.2 Å². The molecule has 1 aromatic heterocycles. The molecule has 0 N–H and O–H groups in total. The summed E-state index contributed by atoms with van der Waals surface area (Å²) in [4.78, 5) is 19.9. The first-order valence-corrected chi connectivity index (χ1v) is 9.70. The molecular weight excluding hydrogens is 351 g/mol. The third-order valence-electron chi connectivity index (χ3n) is 6.11. The summed E-state index contributed by atoms with van der Waals surface area (Å²) >= 11 is 0. The molecule has 2 atom stereocenters. The van der Waals surface area contributed by atoms with E-state index in [1.54, 1.807) is 12.1 Å². The number of nitrogens with zero attached hydrogens (tertiary/aromatic N) is 2. The Balaban J connectivity index is 0.00000225. The molecule has 1 amide bonds. The van der Waals surface area contributed by atoms with Crippen LogP contribution in [0.5, 0.6) is 0 Å². The second-order valence-electron chi connectivity index (χ2n) is 9.51. The van der Waals surface area contributed by atoms with Crippen LogP contribution < -0.4 is 0 Å². The van der Waals surface area contributed by atoms with Crippen molar-refractivity contribution in [1.82, 2.24) is 9.88 Å². The highest BCUT2D eigenvalue weighted by Gasteiger charge is 2.51. The SMILES string of the molecule is C.Cc1cc(F)ccc1-c1cccc(C(=O)N2C[C@]3(C)C[C@H]2CC(C)(C)C3)n1. The highest BCUT2D eigenvalue weighted by molar-refractivity contribution is 5.93. The van der Waals surface area contributed by atoms with E-state index in [2.05, 4.69) is 25.8 Å². The zero-order valence-electron chi connectivity index (χ0n) is 16.6. The number of benzene rings is 1. The summed E-state index contributed by atoms with van der Waals surface area (Å²) in [7, 11) is 0. The van der Waals surface area contributed by atoms with E-state index in [1.165, 1.54) is 12.1 Å². The second-order valence-corrected chi connectivity index (χ2v) is 9.51. The molecule has 2 fully saturated rings. The molecular formula is C24H31FN2O. The van der Waals surface area contributed by atoms with Crippen LogP contribution in [0, 0.1) is 23.6 Å². The Labute approximate surface area is 168 Å². The lowest BCUT2D eigenvalue weighted by Gasteiger charge is -2.39. The highest BCUT2D eigenvalue weighted by Crippen LogP contribution is 2.52. The molecule has 2 heterocycles. The number of aromatic nitrogens is 1. The highest BCUT2D eigenvalue weighted by atomic mass is 19.1. The van der Waals surface area contributed by atoms with Crippen LogP contribution in [0.4, 0.5) is 4.39 Å². The molecule has 1 aromatic carbocycles. The van der Waals surface area contributed by atoms with Gasteiger partial charge in [0.2, 0.25) is 0 Å². The first kappa shape index (κ1) is 20.5. The third-order valence-corrected chi connectivity index (χ3v) is 6.11. The average Bonchev–Trinajstić information content (AvgIpc) is 2.83. The van der Waals surface area contributed by atoms with Crippen molar-refractivity contribution in [2.45, 2.75) is 60.4 Å². The molecule has 2 aromatic rings. The minimum Gasteiger partial charge on any atom is -0.334 e. The van der Waals surface area contributed by atoms with Crippen LogP contribution in [0.3, 0.4) is 0 Å². The van der Waals surface area contributed by atoms with Gasteiger partial charge in [0.25, 0.3) is 5.91 Å². The van der Waals surface area contributed by atoms with E-state index >= 15 is 0 Å². The van der Waals surface area contributed by atoms with Crippen molar-refractivity contribution < 1.29 is 9.18 Å². The average molecular weight is 383 g/mol. The van der Waals surface area contributed by atoms with Crippen molar-refractivity contribution in [3.05, 3.63) is 53.5 Å². The molecule has 3 nitrogen and oxygen atoms in total. The Morgan fingerprint density at radius 3 is 2.64 bits per heavy atom. The predicted molar refractivity (Wildman–Crippen MR) is 112 cm³/mol. The second kappa shape index (κ2) is 6.98. The number of amides is 1. The number of fused-ring (bicyclic) bond motifs is 2. The molecule has 1 saturated carbocycles. The van der Waals surface area contributed by atoms with E-state index < -0.39 is 0 Å². The monoisotopic (exact) mass is 382 g/mol. The van der Waals surface area contributed by atoms with Crippen LogP contribution in [0.2, 0.25) is 0 Å². The number of hydrogen-bond donors (Lipinski definition) is 0. The Kier molecular flexibility index (Phi) is 5.11. The Morgan fingerprint density at radius 1 is 1.18 bits per heavy atom. The van der Waals surface area contributed by atoms with Crippen molar-refractivity contribution in [2.24, 2.45) is 10.8 Å². The van der Waals surface area contributed by atoms with Crippen LogP contribution in [0.1, 0.15) is 63.5 Å².